The van der Waals surface area contributed by atoms with Crippen LogP contribution in [0.2, 0.25) is 0 Å². The molecule has 1 saturated heterocycles. The van der Waals surface area contributed by atoms with Crippen LogP contribution < -0.4 is 4.72 Å². The molecular weight excluding hydrogens is 382 g/mol. The van der Waals surface area contributed by atoms with E-state index in [0.29, 0.717) is 13.1 Å². The van der Waals surface area contributed by atoms with Crippen molar-refractivity contribution in [2.24, 2.45) is 0 Å². The Morgan fingerprint density at radius 2 is 1.68 bits per heavy atom. The SMILES string of the molecule is N#CCCNS(=O)(=O)c1ccc(C(=O)OCC(=O)N2CCCCCCC2)cc1. The topological polar surface area (TPSA) is 117 Å². The molecular formula is C19H25N3O5S. The fourth-order valence-electron chi connectivity index (χ4n) is 2.89. The molecule has 1 heterocycles. The van der Waals surface area contributed by atoms with Gasteiger partial charge in [-0.3, -0.25) is 4.79 Å². The molecule has 1 aromatic rings. The lowest BCUT2D eigenvalue weighted by molar-refractivity contribution is -0.134. The first-order valence-electron chi connectivity index (χ1n) is 9.35. The molecule has 1 aromatic carbocycles. The molecule has 0 radical (unpaired) electrons. The van der Waals surface area contributed by atoms with Crippen LogP contribution in [-0.2, 0) is 19.6 Å². The van der Waals surface area contributed by atoms with Crippen LogP contribution >= 0.6 is 0 Å². The van der Waals surface area contributed by atoms with E-state index in [-0.39, 0.29) is 35.9 Å². The number of rotatable bonds is 7. The average Bonchev–Trinajstić information content (AvgIpc) is 2.66. The summed E-state index contributed by atoms with van der Waals surface area (Å²) in [6.07, 6.45) is 5.37. The van der Waals surface area contributed by atoms with Gasteiger partial charge in [-0.1, -0.05) is 19.3 Å². The smallest absolute Gasteiger partial charge is 0.338 e. The molecule has 0 bridgehead atoms. The first-order chi connectivity index (χ1) is 13.4. The van der Waals surface area contributed by atoms with E-state index in [1.807, 2.05) is 6.07 Å². The summed E-state index contributed by atoms with van der Waals surface area (Å²) in [7, 11) is -3.74. The minimum atomic E-state index is -3.74. The summed E-state index contributed by atoms with van der Waals surface area (Å²) in [5, 5.41) is 8.47. The van der Waals surface area contributed by atoms with Gasteiger partial charge in [0, 0.05) is 26.1 Å². The Kier molecular flexibility index (Phi) is 8.42. The predicted molar refractivity (Wildman–Crippen MR) is 102 cm³/mol. The number of ether oxygens (including phenoxy) is 1. The van der Waals surface area contributed by atoms with Crippen molar-refractivity contribution in [2.45, 2.75) is 43.4 Å². The monoisotopic (exact) mass is 407 g/mol. The Bertz CT molecular complexity index is 807. The maximum Gasteiger partial charge on any atom is 0.338 e. The van der Waals surface area contributed by atoms with Crippen molar-refractivity contribution in [3.63, 3.8) is 0 Å². The number of carbonyl (C=O) groups excluding carboxylic acids is 2. The summed E-state index contributed by atoms with van der Waals surface area (Å²) in [6.45, 7) is 1.05. The highest BCUT2D eigenvalue weighted by molar-refractivity contribution is 7.89. The molecule has 28 heavy (non-hydrogen) atoms. The third-order valence-corrected chi connectivity index (χ3v) is 5.94. The minimum Gasteiger partial charge on any atom is -0.452 e. The van der Waals surface area contributed by atoms with Gasteiger partial charge in [-0.25, -0.2) is 17.9 Å². The van der Waals surface area contributed by atoms with Gasteiger partial charge < -0.3 is 9.64 Å². The lowest BCUT2D eigenvalue weighted by Crippen LogP contribution is -2.36. The highest BCUT2D eigenvalue weighted by atomic mass is 32.2. The third-order valence-electron chi connectivity index (χ3n) is 4.46. The number of nitrogens with zero attached hydrogens (tertiary/aromatic N) is 2. The Morgan fingerprint density at radius 1 is 1.07 bits per heavy atom. The van der Waals surface area contributed by atoms with Crippen molar-refractivity contribution in [1.29, 1.82) is 5.26 Å². The van der Waals surface area contributed by atoms with Gasteiger partial charge in [0.25, 0.3) is 5.91 Å². The molecule has 1 aliphatic rings. The molecule has 1 amide bonds. The normalized spacial score (nSPS) is 15.2. The summed E-state index contributed by atoms with van der Waals surface area (Å²) in [5.41, 5.74) is 0.163. The number of sulfonamides is 1. The van der Waals surface area contributed by atoms with Crippen LogP contribution in [0.25, 0.3) is 0 Å². The Hall–Kier alpha value is -2.44. The van der Waals surface area contributed by atoms with E-state index in [1.54, 1.807) is 4.90 Å². The quantitative estimate of drug-likeness (QED) is 0.544. The molecule has 1 aliphatic heterocycles. The highest BCUT2D eigenvalue weighted by Gasteiger charge is 2.18. The maximum absolute atomic E-state index is 12.2. The number of esters is 1. The van der Waals surface area contributed by atoms with E-state index < -0.39 is 16.0 Å². The minimum absolute atomic E-state index is 0.0151. The molecule has 0 aliphatic carbocycles. The summed E-state index contributed by atoms with van der Waals surface area (Å²) in [6, 6.07) is 7.09. The van der Waals surface area contributed by atoms with E-state index in [4.69, 9.17) is 10.00 Å². The van der Waals surface area contributed by atoms with Gasteiger partial charge in [0.1, 0.15) is 0 Å². The van der Waals surface area contributed by atoms with Crippen molar-refractivity contribution in [3.05, 3.63) is 29.8 Å². The molecule has 9 heteroatoms. The fourth-order valence-corrected chi connectivity index (χ4v) is 3.93. The van der Waals surface area contributed by atoms with Crippen LogP contribution in [0.1, 0.15) is 48.9 Å². The van der Waals surface area contributed by atoms with Crippen molar-refractivity contribution in [1.82, 2.24) is 9.62 Å². The Balaban J connectivity index is 1.88. The van der Waals surface area contributed by atoms with E-state index in [1.165, 1.54) is 30.7 Å². The van der Waals surface area contributed by atoms with E-state index in [0.717, 1.165) is 25.7 Å². The summed E-state index contributed by atoms with van der Waals surface area (Å²) < 4.78 is 31.5. The molecule has 0 saturated carbocycles. The number of hydrogen-bond acceptors (Lipinski definition) is 6. The highest BCUT2D eigenvalue weighted by Crippen LogP contribution is 2.13. The number of carbonyl (C=O) groups is 2. The molecule has 1 N–H and O–H groups in total. The van der Waals surface area contributed by atoms with Crippen LogP contribution in [0, 0.1) is 11.3 Å². The second-order valence-electron chi connectivity index (χ2n) is 6.55. The summed E-state index contributed by atoms with van der Waals surface area (Å²) in [5.74, 6) is -0.891. The number of nitrogens with one attached hydrogen (secondary N) is 1. The van der Waals surface area contributed by atoms with Crippen LogP contribution in [0.4, 0.5) is 0 Å². The van der Waals surface area contributed by atoms with Gasteiger partial charge in [-0.2, -0.15) is 5.26 Å². The zero-order valence-corrected chi connectivity index (χ0v) is 16.5. The van der Waals surface area contributed by atoms with Crippen molar-refractivity contribution in [2.75, 3.05) is 26.2 Å². The zero-order chi connectivity index (χ0) is 20.4. The predicted octanol–water partition coefficient (Wildman–Crippen LogP) is 1.83. The maximum atomic E-state index is 12.2. The van der Waals surface area contributed by atoms with Crippen LogP contribution in [-0.4, -0.2) is 51.4 Å². The number of nitriles is 1. The Morgan fingerprint density at radius 3 is 2.29 bits per heavy atom. The van der Waals surface area contributed by atoms with E-state index in [9.17, 15) is 18.0 Å². The molecule has 0 atom stereocenters. The number of benzene rings is 1. The largest absolute Gasteiger partial charge is 0.452 e. The van der Waals surface area contributed by atoms with Gasteiger partial charge in [0.05, 0.1) is 16.5 Å². The number of likely N-dealkylation sites (tertiary alicyclic amines) is 1. The number of hydrogen-bond donors (Lipinski definition) is 1. The first-order valence-corrected chi connectivity index (χ1v) is 10.8. The molecule has 0 unspecified atom stereocenters. The first kappa shape index (κ1) is 21.9. The van der Waals surface area contributed by atoms with Crippen molar-refractivity contribution < 1.29 is 22.7 Å². The molecule has 0 spiro atoms. The van der Waals surface area contributed by atoms with Crippen molar-refractivity contribution in [3.8, 4) is 6.07 Å². The van der Waals surface area contributed by atoms with Gasteiger partial charge in [-0.05, 0) is 37.1 Å². The van der Waals surface area contributed by atoms with Gasteiger partial charge in [-0.15, -0.1) is 0 Å². The van der Waals surface area contributed by atoms with E-state index in [2.05, 4.69) is 4.72 Å². The summed E-state index contributed by atoms with van der Waals surface area (Å²) >= 11 is 0. The summed E-state index contributed by atoms with van der Waals surface area (Å²) in [4.78, 5) is 26.1. The van der Waals surface area contributed by atoms with Gasteiger partial charge >= 0.3 is 5.97 Å². The molecule has 8 nitrogen and oxygen atoms in total. The van der Waals surface area contributed by atoms with Crippen LogP contribution in [0.5, 0.6) is 0 Å². The fraction of sp³-hybridized carbons (Fsp3) is 0.526. The third kappa shape index (κ3) is 6.62. The molecule has 0 aromatic heterocycles. The van der Waals surface area contributed by atoms with E-state index >= 15 is 0 Å². The standard InChI is InChI=1S/C19H25N3O5S/c20-11-6-12-21-28(25,26)17-9-7-16(8-10-17)19(24)27-15-18(23)22-13-4-2-1-3-5-14-22/h7-10,21H,1-6,12-15H2. The second kappa shape index (κ2) is 10.8. The van der Waals surface area contributed by atoms with Gasteiger partial charge in [0.15, 0.2) is 6.61 Å². The van der Waals surface area contributed by atoms with Crippen LogP contribution in [0.3, 0.4) is 0 Å². The molecule has 2 rings (SSSR count). The van der Waals surface area contributed by atoms with Gasteiger partial charge in [0.2, 0.25) is 10.0 Å². The zero-order valence-electron chi connectivity index (χ0n) is 15.7. The lowest BCUT2D eigenvalue weighted by atomic mass is 10.1. The Labute approximate surface area is 165 Å². The average molecular weight is 407 g/mol. The molecule has 152 valence electrons. The van der Waals surface area contributed by atoms with Crippen molar-refractivity contribution >= 4 is 21.9 Å². The molecule has 1 fully saturated rings. The van der Waals surface area contributed by atoms with Crippen LogP contribution in [0.15, 0.2) is 29.2 Å². The number of amides is 1. The second-order valence-corrected chi connectivity index (χ2v) is 8.32. The lowest BCUT2D eigenvalue weighted by Gasteiger charge is -2.24.